The average molecular weight is 201 g/mol. The predicted octanol–water partition coefficient (Wildman–Crippen LogP) is 1.88. The van der Waals surface area contributed by atoms with Crippen molar-refractivity contribution in [2.45, 2.75) is 46.1 Å². The van der Waals surface area contributed by atoms with Crippen LogP contribution in [0.1, 0.15) is 40.5 Å². The second kappa shape index (κ2) is 5.62. The van der Waals surface area contributed by atoms with Crippen molar-refractivity contribution in [1.82, 2.24) is 5.32 Å². The molecule has 82 valence electrons. The maximum absolute atomic E-state index is 11.1. The van der Waals surface area contributed by atoms with E-state index in [9.17, 15) is 9.59 Å². The van der Waals surface area contributed by atoms with Crippen LogP contribution in [0.5, 0.6) is 0 Å². The Labute approximate surface area is 85.0 Å². The molecule has 0 aliphatic rings. The summed E-state index contributed by atoms with van der Waals surface area (Å²) in [6.07, 6.45) is 0.728. The van der Waals surface area contributed by atoms with Crippen LogP contribution in [0.15, 0.2) is 0 Å². The number of carbonyl (C=O) groups excluding carboxylic acids is 2. The van der Waals surface area contributed by atoms with Crippen molar-refractivity contribution in [2.24, 2.45) is 0 Å². The Bertz CT molecular complexity index is 206. The molecular weight excluding hydrogens is 182 g/mol. The topological polar surface area (TPSA) is 55.4 Å². The Morgan fingerprint density at radius 3 is 2.29 bits per heavy atom. The van der Waals surface area contributed by atoms with Gasteiger partial charge in [0.1, 0.15) is 11.4 Å². The Kier molecular flexibility index (Phi) is 5.20. The maximum atomic E-state index is 11.1. The number of carbonyl (C=O) groups is 2. The molecule has 0 atom stereocenters. The van der Waals surface area contributed by atoms with Gasteiger partial charge < -0.3 is 14.8 Å². The minimum Gasteiger partial charge on any atom is -0.444 e. The molecule has 4 nitrogen and oxygen atoms in total. The molecule has 0 bridgehead atoms. The van der Waals surface area contributed by atoms with Crippen molar-refractivity contribution in [1.29, 1.82) is 0 Å². The van der Waals surface area contributed by atoms with Crippen LogP contribution < -0.4 is 5.32 Å². The van der Waals surface area contributed by atoms with Crippen LogP contribution in [0.2, 0.25) is 0 Å². The van der Waals surface area contributed by atoms with Gasteiger partial charge in [0.25, 0.3) is 0 Å². The summed E-state index contributed by atoms with van der Waals surface area (Å²) >= 11 is 0. The van der Waals surface area contributed by atoms with Crippen LogP contribution in [-0.4, -0.2) is 24.0 Å². The molecule has 14 heavy (non-hydrogen) atoms. The fraction of sp³-hybridized carbons (Fsp3) is 0.800. The van der Waals surface area contributed by atoms with Gasteiger partial charge in [0, 0.05) is 13.0 Å². The standard InChI is InChI=1S/C10H19NO3/c1-8(12)6-5-7-11-9(13)14-10(2,3)4/h5-7H2,1-4H3,(H,11,13). The Morgan fingerprint density at radius 2 is 1.86 bits per heavy atom. The molecule has 0 radical (unpaired) electrons. The van der Waals surface area contributed by atoms with Gasteiger partial charge >= 0.3 is 6.09 Å². The summed E-state index contributed by atoms with van der Waals surface area (Å²) in [5.41, 5.74) is -0.468. The van der Waals surface area contributed by atoms with Crippen molar-refractivity contribution in [3.05, 3.63) is 0 Å². The molecule has 1 amide bonds. The number of rotatable bonds is 4. The summed E-state index contributed by atoms with van der Waals surface area (Å²) in [6, 6.07) is 0. The van der Waals surface area contributed by atoms with Gasteiger partial charge in [-0.05, 0) is 34.1 Å². The maximum Gasteiger partial charge on any atom is 0.407 e. The Morgan fingerprint density at radius 1 is 1.29 bits per heavy atom. The third-order valence-electron chi connectivity index (χ3n) is 1.37. The quantitative estimate of drug-likeness (QED) is 0.706. The molecule has 0 heterocycles. The van der Waals surface area contributed by atoms with Crippen LogP contribution in [0.3, 0.4) is 0 Å². The monoisotopic (exact) mass is 201 g/mol. The summed E-state index contributed by atoms with van der Waals surface area (Å²) in [4.78, 5) is 21.7. The van der Waals surface area contributed by atoms with Crippen molar-refractivity contribution >= 4 is 11.9 Å². The fourth-order valence-corrected chi connectivity index (χ4v) is 0.842. The third kappa shape index (κ3) is 9.03. The van der Waals surface area contributed by atoms with Crippen LogP contribution in [-0.2, 0) is 9.53 Å². The molecule has 0 rings (SSSR count). The molecule has 0 fully saturated rings. The van der Waals surface area contributed by atoms with E-state index in [1.807, 2.05) is 20.8 Å². The zero-order valence-corrected chi connectivity index (χ0v) is 9.35. The van der Waals surface area contributed by atoms with Crippen molar-refractivity contribution in [3.8, 4) is 0 Å². The minimum absolute atomic E-state index is 0.135. The molecular formula is C10H19NO3. The minimum atomic E-state index is -0.468. The van der Waals surface area contributed by atoms with E-state index in [0.29, 0.717) is 19.4 Å². The lowest BCUT2D eigenvalue weighted by molar-refractivity contribution is -0.117. The number of hydrogen-bond donors (Lipinski definition) is 1. The third-order valence-corrected chi connectivity index (χ3v) is 1.37. The highest BCUT2D eigenvalue weighted by molar-refractivity contribution is 5.75. The van der Waals surface area contributed by atoms with E-state index in [2.05, 4.69) is 5.32 Å². The van der Waals surface area contributed by atoms with Gasteiger partial charge in [-0.1, -0.05) is 0 Å². The zero-order valence-electron chi connectivity index (χ0n) is 9.35. The van der Waals surface area contributed by atoms with Gasteiger partial charge in [-0.3, -0.25) is 0 Å². The molecule has 1 N–H and O–H groups in total. The second-order valence-corrected chi connectivity index (χ2v) is 4.23. The Balaban J connectivity index is 3.50. The first-order chi connectivity index (χ1) is 6.31. The summed E-state index contributed by atoms with van der Waals surface area (Å²) in [6.45, 7) is 7.44. The molecule has 0 aliphatic heterocycles. The lowest BCUT2D eigenvalue weighted by Crippen LogP contribution is -2.33. The average Bonchev–Trinajstić information content (AvgIpc) is 1.94. The summed E-state index contributed by atoms with van der Waals surface area (Å²) in [5, 5.41) is 2.58. The highest BCUT2D eigenvalue weighted by atomic mass is 16.6. The number of Topliss-reactive ketones (excluding diaryl/α,β-unsaturated/α-hetero) is 1. The van der Waals surface area contributed by atoms with Crippen LogP contribution in [0.4, 0.5) is 4.79 Å². The molecule has 0 aromatic heterocycles. The van der Waals surface area contributed by atoms with Crippen LogP contribution in [0.25, 0.3) is 0 Å². The highest BCUT2D eigenvalue weighted by Crippen LogP contribution is 2.06. The summed E-state index contributed by atoms with van der Waals surface area (Å²) in [5.74, 6) is 0.135. The first kappa shape index (κ1) is 12.9. The van der Waals surface area contributed by atoms with Crippen molar-refractivity contribution < 1.29 is 14.3 Å². The lowest BCUT2D eigenvalue weighted by atomic mass is 10.2. The molecule has 0 saturated heterocycles. The number of hydrogen-bond acceptors (Lipinski definition) is 3. The van der Waals surface area contributed by atoms with Gasteiger partial charge in [0.15, 0.2) is 0 Å². The van der Waals surface area contributed by atoms with Crippen molar-refractivity contribution in [2.75, 3.05) is 6.54 Å². The summed E-state index contributed by atoms with van der Waals surface area (Å²) in [7, 11) is 0. The normalized spacial score (nSPS) is 10.9. The molecule has 0 spiro atoms. The zero-order chi connectivity index (χ0) is 11.2. The number of alkyl carbamates (subject to hydrolysis) is 1. The predicted molar refractivity (Wildman–Crippen MR) is 54.2 cm³/mol. The second-order valence-electron chi connectivity index (χ2n) is 4.23. The van der Waals surface area contributed by atoms with Gasteiger partial charge in [-0.15, -0.1) is 0 Å². The summed E-state index contributed by atoms with van der Waals surface area (Å²) < 4.78 is 5.01. The van der Waals surface area contributed by atoms with E-state index in [-0.39, 0.29) is 5.78 Å². The van der Waals surface area contributed by atoms with Gasteiger partial charge in [-0.25, -0.2) is 4.79 Å². The van der Waals surface area contributed by atoms with E-state index >= 15 is 0 Å². The SMILES string of the molecule is CC(=O)CCCNC(=O)OC(C)(C)C. The number of nitrogens with one attached hydrogen (secondary N) is 1. The smallest absolute Gasteiger partial charge is 0.407 e. The molecule has 0 aromatic carbocycles. The van der Waals surface area contributed by atoms with E-state index in [1.54, 1.807) is 0 Å². The number of amides is 1. The first-order valence-electron chi connectivity index (χ1n) is 4.77. The first-order valence-corrected chi connectivity index (χ1v) is 4.77. The van der Waals surface area contributed by atoms with Crippen LogP contribution in [0, 0.1) is 0 Å². The number of ketones is 1. The van der Waals surface area contributed by atoms with Gasteiger partial charge in [-0.2, -0.15) is 0 Å². The van der Waals surface area contributed by atoms with Gasteiger partial charge in [0.05, 0.1) is 0 Å². The number of ether oxygens (including phenoxy) is 1. The van der Waals surface area contributed by atoms with Crippen LogP contribution >= 0.6 is 0 Å². The fourth-order valence-electron chi connectivity index (χ4n) is 0.842. The highest BCUT2D eigenvalue weighted by Gasteiger charge is 2.15. The molecule has 4 heteroatoms. The molecule has 0 aromatic rings. The van der Waals surface area contributed by atoms with Crippen molar-refractivity contribution in [3.63, 3.8) is 0 Å². The van der Waals surface area contributed by atoms with E-state index in [1.165, 1.54) is 6.92 Å². The van der Waals surface area contributed by atoms with E-state index < -0.39 is 11.7 Å². The molecule has 0 aliphatic carbocycles. The molecule has 0 unspecified atom stereocenters. The largest absolute Gasteiger partial charge is 0.444 e. The van der Waals surface area contributed by atoms with E-state index in [0.717, 1.165) is 0 Å². The lowest BCUT2D eigenvalue weighted by Gasteiger charge is -2.19. The molecule has 0 saturated carbocycles. The van der Waals surface area contributed by atoms with E-state index in [4.69, 9.17) is 4.74 Å². The van der Waals surface area contributed by atoms with Gasteiger partial charge in [0.2, 0.25) is 0 Å². The Hall–Kier alpha value is -1.06.